The molecule has 41 heavy (non-hydrogen) atoms. The number of anilines is 1. The number of halogens is 1. The highest BCUT2D eigenvalue weighted by Gasteiger charge is 2.34. The average Bonchev–Trinajstić information content (AvgIpc) is 2.95. The summed E-state index contributed by atoms with van der Waals surface area (Å²) in [5.74, 6) is 0.260. The molecule has 3 aromatic carbocycles. The molecule has 1 unspecified atom stereocenters. The second kappa shape index (κ2) is 14.2. The van der Waals surface area contributed by atoms with E-state index in [1.54, 1.807) is 49.6 Å². The normalized spacial score (nSPS) is 12.0. The molecule has 0 fully saturated rings. The van der Waals surface area contributed by atoms with Gasteiger partial charge in [-0.25, -0.2) is 8.42 Å². The first-order valence-corrected chi connectivity index (χ1v) is 15.0. The third kappa shape index (κ3) is 8.14. The smallest absolute Gasteiger partial charge is 0.264 e. The number of hydrogen-bond donors (Lipinski definition) is 1. The molecular weight excluding hydrogens is 566 g/mol. The van der Waals surface area contributed by atoms with Crippen molar-refractivity contribution in [3.8, 4) is 11.5 Å². The van der Waals surface area contributed by atoms with E-state index in [4.69, 9.17) is 21.1 Å². The number of amides is 2. The number of sulfonamides is 1. The maximum absolute atomic E-state index is 14.1. The molecule has 0 radical (unpaired) electrons. The van der Waals surface area contributed by atoms with Gasteiger partial charge in [-0.3, -0.25) is 13.9 Å². The second-order valence-electron chi connectivity index (χ2n) is 9.62. The van der Waals surface area contributed by atoms with Crippen molar-refractivity contribution in [2.75, 3.05) is 25.1 Å². The van der Waals surface area contributed by atoms with Gasteiger partial charge in [-0.05, 0) is 80.4 Å². The van der Waals surface area contributed by atoms with Gasteiger partial charge in [0.15, 0.2) is 0 Å². The minimum atomic E-state index is -4.22. The van der Waals surface area contributed by atoms with Crippen molar-refractivity contribution in [1.29, 1.82) is 0 Å². The first-order chi connectivity index (χ1) is 19.5. The molecule has 0 aliphatic carbocycles. The van der Waals surface area contributed by atoms with Gasteiger partial charge >= 0.3 is 0 Å². The Bertz CT molecular complexity index is 1430. The van der Waals surface area contributed by atoms with Crippen LogP contribution in [0.4, 0.5) is 5.69 Å². The Kier molecular flexibility index (Phi) is 11.0. The maximum Gasteiger partial charge on any atom is 0.264 e. The highest BCUT2D eigenvalue weighted by atomic mass is 35.5. The molecule has 3 aromatic rings. The molecule has 2 amide bonds. The maximum atomic E-state index is 14.1. The van der Waals surface area contributed by atoms with E-state index in [9.17, 15) is 18.0 Å². The molecule has 0 aromatic heterocycles. The quantitative estimate of drug-likeness (QED) is 0.299. The van der Waals surface area contributed by atoms with Crippen LogP contribution < -0.4 is 19.1 Å². The van der Waals surface area contributed by atoms with Crippen LogP contribution in [0.1, 0.15) is 32.8 Å². The van der Waals surface area contributed by atoms with E-state index < -0.39 is 28.5 Å². The fourth-order valence-corrected chi connectivity index (χ4v) is 5.85. The number of benzene rings is 3. The van der Waals surface area contributed by atoms with Crippen molar-refractivity contribution < 1.29 is 27.5 Å². The molecule has 1 atom stereocenters. The first-order valence-electron chi connectivity index (χ1n) is 13.1. The van der Waals surface area contributed by atoms with E-state index in [1.165, 1.54) is 42.3 Å². The van der Waals surface area contributed by atoms with Crippen LogP contribution >= 0.6 is 11.6 Å². The molecular formula is C30H36ClN3O6S. The molecule has 11 heteroatoms. The zero-order chi connectivity index (χ0) is 30.2. The lowest BCUT2D eigenvalue weighted by Gasteiger charge is -2.33. The fourth-order valence-electron chi connectivity index (χ4n) is 4.26. The van der Waals surface area contributed by atoms with Gasteiger partial charge in [0.05, 0.1) is 24.8 Å². The molecule has 0 heterocycles. The number of methoxy groups -OCH3 is 2. The molecule has 9 nitrogen and oxygen atoms in total. The molecule has 0 bridgehead atoms. The summed E-state index contributed by atoms with van der Waals surface area (Å²) in [6.07, 6.45) is 0.322. The molecule has 0 saturated carbocycles. The van der Waals surface area contributed by atoms with E-state index in [0.717, 1.165) is 9.87 Å². The van der Waals surface area contributed by atoms with E-state index >= 15 is 0 Å². The number of carbonyl (C=O) groups excluding carboxylic acids is 2. The third-order valence-electron chi connectivity index (χ3n) is 6.35. The van der Waals surface area contributed by atoms with Gasteiger partial charge in [0.2, 0.25) is 11.8 Å². The SMILES string of the molecule is CCC(C(=O)NC(C)C)N(Cc1ccc(OC)cc1)C(=O)CN(c1cccc(Cl)c1)S(=O)(=O)c1ccc(OC)cc1. The fraction of sp³-hybridized carbons (Fsp3) is 0.333. The monoisotopic (exact) mass is 601 g/mol. The van der Waals surface area contributed by atoms with Gasteiger partial charge in [0.1, 0.15) is 24.1 Å². The summed E-state index contributed by atoms with van der Waals surface area (Å²) in [6, 6.07) is 18.3. The van der Waals surface area contributed by atoms with Crippen LogP contribution in [-0.2, 0) is 26.2 Å². The van der Waals surface area contributed by atoms with Crippen LogP contribution in [0.3, 0.4) is 0 Å². The standard InChI is InChI=1S/C30H36ClN3O6S/c1-6-28(30(36)32-21(2)3)33(19-22-10-12-25(39-4)13-11-22)29(35)20-34(24-9-7-8-23(31)18-24)41(37,38)27-16-14-26(40-5)15-17-27/h7-18,21,28H,6,19-20H2,1-5H3,(H,32,36). The first kappa shape index (κ1) is 31.8. The Morgan fingerprint density at radius 3 is 2.02 bits per heavy atom. The van der Waals surface area contributed by atoms with Crippen LogP contribution in [0.2, 0.25) is 5.02 Å². The van der Waals surface area contributed by atoms with Gasteiger partial charge in [-0.15, -0.1) is 0 Å². The predicted molar refractivity (Wildman–Crippen MR) is 160 cm³/mol. The highest BCUT2D eigenvalue weighted by molar-refractivity contribution is 7.92. The van der Waals surface area contributed by atoms with E-state index in [1.807, 2.05) is 20.8 Å². The van der Waals surface area contributed by atoms with Gasteiger partial charge in [-0.1, -0.05) is 36.7 Å². The summed E-state index contributed by atoms with van der Waals surface area (Å²) in [6.45, 7) is 5.00. The van der Waals surface area contributed by atoms with Crippen LogP contribution in [0.15, 0.2) is 77.7 Å². The van der Waals surface area contributed by atoms with Crippen LogP contribution in [-0.4, -0.2) is 58.0 Å². The Morgan fingerprint density at radius 2 is 1.51 bits per heavy atom. The van der Waals surface area contributed by atoms with Crippen LogP contribution in [0, 0.1) is 0 Å². The number of ether oxygens (including phenoxy) is 2. The summed E-state index contributed by atoms with van der Waals surface area (Å²) < 4.78 is 39.3. The van der Waals surface area contributed by atoms with Crippen molar-refractivity contribution in [2.45, 2.75) is 50.7 Å². The lowest BCUT2D eigenvalue weighted by molar-refractivity contribution is -0.140. The van der Waals surface area contributed by atoms with Gasteiger partial charge < -0.3 is 19.7 Å². The largest absolute Gasteiger partial charge is 0.497 e. The Balaban J connectivity index is 2.06. The van der Waals surface area contributed by atoms with Gasteiger partial charge in [0.25, 0.3) is 10.0 Å². The number of nitrogens with zero attached hydrogens (tertiary/aromatic N) is 2. The van der Waals surface area contributed by atoms with E-state index in [2.05, 4.69) is 5.32 Å². The third-order valence-corrected chi connectivity index (χ3v) is 8.37. The van der Waals surface area contributed by atoms with Crippen LogP contribution in [0.5, 0.6) is 11.5 Å². The summed E-state index contributed by atoms with van der Waals surface area (Å²) in [7, 11) is -1.18. The number of hydrogen-bond acceptors (Lipinski definition) is 6. The van der Waals surface area contributed by atoms with E-state index in [-0.39, 0.29) is 29.1 Å². The Labute approximate surface area is 247 Å². The summed E-state index contributed by atoms with van der Waals surface area (Å²) >= 11 is 6.22. The second-order valence-corrected chi connectivity index (χ2v) is 11.9. The summed E-state index contributed by atoms with van der Waals surface area (Å²) in [5, 5.41) is 3.19. The van der Waals surface area contributed by atoms with Crippen molar-refractivity contribution >= 4 is 39.1 Å². The molecule has 0 aliphatic heterocycles. The Morgan fingerprint density at radius 1 is 0.927 bits per heavy atom. The number of nitrogens with one attached hydrogen (secondary N) is 1. The van der Waals surface area contributed by atoms with Crippen molar-refractivity contribution in [3.63, 3.8) is 0 Å². The molecule has 1 N–H and O–H groups in total. The van der Waals surface area contributed by atoms with Crippen molar-refractivity contribution in [3.05, 3.63) is 83.4 Å². The highest BCUT2D eigenvalue weighted by Crippen LogP contribution is 2.28. The Hall–Kier alpha value is -3.76. The minimum Gasteiger partial charge on any atom is -0.497 e. The summed E-state index contributed by atoms with van der Waals surface area (Å²) in [5.41, 5.74) is 0.966. The van der Waals surface area contributed by atoms with Crippen molar-refractivity contribution in [1.82, 2.24) is 10.2 Å². The van der Waals surface area contributed by atoms with Crippen LogP contribution in [0.25, 0.3) is 0 Å². The molecule has 0 spiro atoms. The molecule has 0 saturated heterocycles. The molecule has 220 valence electrons. The minimum absolute atomic E-state index is 0.0302. The molecule has 0 aliphatic rings. The van der Waals surface area contributed by atoms with E-state index in [0.29, 0.717) is 22.9 Å². The van der Waals surface area contributed by atoms with Crippen molar-refractivity contribution in [2.24, 2.45) is 0 Å². The van der Waals surface area contributed by atoms with Gasteiger partial charge in [-0.2, -0.15) is 0 Å². The predicted octanol–water partition coefficient (Wildman–Crippen LogP) is 4.88. The topological polar surface area (TPSA) is 105 Å². The number of carbonyl (C=O) groups is 2. The average molecular weight is 602 g/mol. The molecule has 3 rings (SSSR count). The zero-order valence-corrected chi connectivity index (χ0v) is 25.4. The lowest BCUT2D eigenvalue weighted by Crippen LogP contribution is -2.53. The zero-order valence-electron chi connectivity index (χ0n) is 23.8. The lowest BCUT2D eigenvalue weighted by atomic mass is 10.1. The summed E-state index contributed by atoms with van der Waals surface area (Å²) in [4.78, 5) is 28.7. The number of rotatable bonds is 13. The van der Waals surface area contributed by atoms with Gasteiger partial charge in [0, 0.05) is 17.6 Å².